The maximum atomic E-state index is 12.1. The molecule has 0 amide bonds. The molecule has 1 aromatic carbocycles. The van der Waals surface area contributed by atoms with Crippen molar-refractivity contribution in [2.45, 2.75) is 16.6 Å². The Labute approximate surface area is 98.9 Å². The van der Waals surface area contributed by atoms with Gasteiger partial charge in [0.25, 0.3) is 0 Å². The van der Waals surface area contributed by atoms with Crippen LogP contribution in [-0.4, -0.2) is 38.0 Å². The molecule has 0 aromatic heterocycles. The van der Waals surface area contributed by atoms with Crippen LogP contribution in [0.3, 0.4) is 0 Å². The van der Waals surface area contributed by atoms with Crippen molar-refractivity contribution in [2.75, 3.05) is 13.2 Å². The fourth-order valence-corrected chi connectivity index (χ4v) is 3.32. The lowest BCUT2D eigenvalue weighted by atomic mass is 10.2. The standard InChI is InChI=1S/C11H12O5S/c12-11(13)8-1-3-9(4-2-8)17(14,15)10-5-6-16-7-10/h1-4,10H,5-7H2,(H,12,13)/t10-/m1/s1. The lowest BCUT2D eigenvalue weighted by Crippen LogP contribution is -2.21. The number of ether oxygens (including phenoxy) is 1. The molecule has 1 N–H and O–H groups in total. The molecule has 0 bridgehead atoms. The molecule has 0 saturated carbocycles. The summed E-state index contributed by atoms with van der Waals surface area (Å²) in [5, 5.41) is 8.21. The van der Waals surface area contributed by atoms with Gasteiger partial charge in [-0.05, 0) is 30.7 Å². The van der Waals surface area contributed by atoms with Crippen LogP contribution in [0.5, 0.6) is 0 Å². The Balaban J connectivity index is 2.30. The normalized spacial score (nSPS) is 20.4. The third-order valence-electron chi connectivity index (χ3n) is 2.76. The van der Waals surface area contributed by atoms with Gasteiger partial charge in [0, 0.05) is 6.61 Å². The highest BCUT2D eigenvalue weighted by molar-refractivity contribution is 7.92. The van der Waals surface area contributed by atoms with Crippen LogP contribution in [0, 0.1) is 0 Å². The largest absolute Gasteiger partial charge is 0.478 e. The highest BCUT2D eigenvalue weighted by Crippen LogP contribution is 2.22. The second-order valence-corrected chi connectivity index (χ2v) is 6.09. The number of rotatable bonds is 3. The van der Waals surface area contributed by atoms with Crippen molar-refractivity contribution >= 4 is 15.8 Å². The van der Waals surface area contributed by atoms with Gasteiger partial charge in [0.1, 0.15) is 0 Å². The van der Waals surface area contributed by atoms with Gasteiger partial charge in [0.05, 0.1) is 22.3 Å². The zero-order valence-electron chi connectivity index (χ0n) is 9.00. The Morgan fingerprint density at radius 1 is 1.29 bits per heavy atom. The lowest BCUT2D eigenvalue weighted by Gasteiger charge is -2.09. The molecule has 1 atom stereocenters. The summed E-state index contributed by atoms with van der Waals surface area (Å²) in [5.74, 6) is -1.07. The highest BCUT2D eigenvalue weighted by Gasteiger charge is 2.31. The van der Waals surface area contributed by atoms with Crippen molar-refractivity contribution in [2.24, 2.45) is 0 Å². The second-order valence-electron chi connectivity index (χ2n) is 3.86. The van der Waals surface area contributed by atoms with E-state index in [1.54, 1.807) is 0 Å². The molecule has 6 heteroatoms. The monoisotopic (exact) mass is 256 g/mol. The highest BCUT2D eigenvalue weighted by atomic mass is 32.2. The predicted octanol–water partition coefficient (Wildman–Crippen LogP) is 0.947. The Bertz CT molecular complexity index is 511. The molecule has 0 spiro atoms. The number of sulfone groups is 1. The lowest BCUT2D eigenvalue weighted by molar-refractivity contribution is 0.0696. The van der Waals surface area contributed by atoms with Crippen LogP contribution in [0.25, 0.3) is 0 Å². The van der Waals surface area contributed by atoms with Gasteiger partial charge in [-0.25, -0.2) is 13.2 Å². The van der Waals surface area contributed by atoms with E-state index in [0.717, 1.165) is 0 Å². The van der Waals surface area contributed by atoms with E-state index in [9.17, 15) is 13.2 Å². The van der Waals surface area contributed by atoms with Crippen LogP contribution in [0.4, 0.5) is 0 Å². The Hall–Kier alpha value is -1.40. The zero-order valence-corrected chi connectivity index (χ0v) is 9.81. The number of aromatic carboxylic acids is 1. The molecule has 2 rings (SSSR count). The van der Waals surface area contributed by atoms with E-state index < -0.39 is 21.1 Å². The van der Waals surface area contributed by atoms with E-state index in [1.807, 2.05) is 0 Å². The maximum absolute atomic E-state index is 12.1. The summed E-state index contributed by atoms with van der Waals surface area (Å²) in [7, 11) is -3.40. The number of hydrogen-bond donors (Lipinski definition) is 1. The molecule has 0 aliphatic carbocycles. The van der Waals surface area contributed by atoms with Crippen LogP contribution in [0.15, 0.2) is 29.2 Å². The number of hydrogen-bond acceptors (Lipinski definition) is 4. The third kappa shape index (κ3) is 2.32. The molecule has 1 saturated heterocycles. The van der Waals surface area contributed by atoms with Gasteiger partial charge in [-0.15, -0.1) is 0 Å². The van der Waals surface area contributed by atoms with Gasteiger partial charge in [0.2, 0.25) is 0 Å². The zero-order chi connectivity index (χ0) is 12.5. The van der Waals surface area contributed by atoms with Crippen LogP contribution >= 0.6 is 0 Å². The van der Waals surface area contributed by atoms with E-state index in [-0.39, 0.29) is 17.1 Å². The molecule has 1 aliphatic rings. The smallest absolute Gasteiger partial charge is 0.335 e. The second kappa shape index (κ2) is 4.46. The van der Waals surface area contributed by atoms with Crippen LogP contribution < -0.4 is 0 Å². The van der Waals surface area contributed by atoms with Crippen molar-refractivity contribution in [3.05, 3.63) is 29.8 Å². The van der Waals surface area contributed by atoms with Gasteiger partial charge >= 0.3 is 5.97 Å². The molecule has 1 fully saturated rings. The first-order valence-electron chi connectivity index (χ1n) is 5.17. The van der Waals surface area contributed by atoms with Crippen LogP contribution in [-0.2, 0) is 14.6 Å². The topological polar surface area (TPSA) is 80.7 Å². The van der Waals surface area contributed by atoms with E-state index in [2.05, 4.69) is 0 Å². The average molecular weight is 256 g/mol. The first-order chi connectivity index (χ1) is 8.01. The summed E-state index contributed by atoms with van der Waals surface area (Å²) in [6, 6.07) is 5.25. The predicted molar refractivity (Wildman–Crippen MR) is 59.8 cm³/mol. The van der Waals surface area contributed by atoms with Gasteiger partial charge in [-0.2, -0.15) is 0 Å². The average Bonchev–Trinajstić information content (AvgIpc) is 2.83. The summed E-state index contributed by atoms with van der Waals surface area (Å²) in [6.45, 7) is 0.667. The summed E-state index contributed by atoms with van der Waals surface area (Å²) in [6.07, 6.45) is 0.489. The third-order valence-corrected chi connectivity index (χ3v) is 4.94. The molecular formula is C11H12O5S. The van der Waals surface area contributed by atoms with Gasteiger partial charge in [-0.3, -0.25) is 0 Å². The fraction of sp³-hybridized carbons (Fsp3) is 0.364. The molecule has 92 valence electrons. The molecule has 17 heavy (non-hydrogen) atoms. The minimum absolute atomic E-state index is 0.0756. The fourth-order valence-electron chi connectivity index (χ4n) is 1.74. The van der Waals surface area contributed by atoms with Crippen LogP contribution in [0.1, 0.15) is 16.8 Å². The molecule has 0 unspecified atom stereocenters. The summed E-state index contributed by atoms with van der Waals surface area (Å²) >= 11 is 0. The van der Waals surface area contributed by atoms with Gasteiger partial charge < -0.3 is 9.84 Å². The summed E-state index contributed by atoms with van der Waals surface area (Å²) in [4.78, 5) is 10.8. The quantitative estimate of drug-likeness (QED) is 0.870. The Morgan fingerprint density at radius 2 is 1.94 bits per heavy atom. The maximum Gasteiger partial charge on any atom is 0.335 e. The SMILES string of the molecule is O=C(O)c1ccc(S(=O)(=O)[C@@H]2CCOC2)cc1. The van der Waals surface area contributed by atoms with Crippen LogP contribution in [0.2, 0.25) is 0 Å². The minimum atomic E-state index is -3.40. The molecule has 1 aromatic rings. The van der Waals surface area contributed by atoms with E-state index in [0.29, 0.717) is 13.0 Å². The summed E-state index contributed by atoms with van der Waals surface area (Å²) < 4.78 is 29.2. The first kappa shape index (κ1) is 12.1. The van der Waals surface area contributed by atoms with Crippen molar-refractivity contribution in [1.82, 2.24) is 0 Å². The molecule has 0 radical (unpaired) electrons. The van der Waals surface area contributed by atoms with Crippen molar-refractivity contribution in [3.63, 3.8) is 0 Å². The minimum Gasteiger partial charge on any atom is -0.478 e. The van der Waals surface area contributed by atoms with Gasteiger partial charge in [-0.1, -0.05) is 0 Å². The van der Waals surface area contributed by atoms with E-state index >= 15 is 0 Å². The van der Waals surface area contributed by atoms with E-state index in [4.69, 9.17) is 9.84 Å². The Kier molecular flexibility index (Phi) is 3.17. The number of carboxylic acids is 1. The number of carbonyl (C=O) groups is 1. The van der Waals surface area contributed by atoms with Gasteiger partial charge in [0.15, 0.2) is 9.84 Å². The number of benzene rings is 1. The van der Waals surface area contributed by atoms with Crippen molar-refractivity contribution in [1.29, 1.82) is 0 Å². The van der Waals surface area contributed by atoms with Crippen molar-refractivity contribution < 1.29 is 23.1 Å². The molecule has 1 aliphatic heterocycles. The Morgan fingerprint density at radius 3 is 2.41 bits per heavy atom. The molecule has 5 nitrogen and oxygen atoms in total. The molecule has 1 heterocycles. The molecular weight excluding hydrogens is 244 g/mol. The van der Waals surface area contributed by atoms with Crippen molar-refractivity contribution in [3.8, 4) is 0 Å². The van der Waals surface area contributed by atoms with E-state index in [1.165, 1.54) is 24.3 Å². The summed E-state index contributed by atoms with van der Waals surface area (Å²) in [5.41, 5.74) is 0.0756. The number of carboxylic acid groups (broad SMARTS) is 1. The first-order valence-corrected chi connectivity index (χ1v) is 6.71.